The standard InChI is InChI=1S/C30H37F3N6O8S/c1-20-8-10-21(11-9-20)24-18-25(30(31,32)33)34-38(24)22-12-14-23(15-13-22)48(43,44)35-27(41)45-17-16-37(29(5,6)7)39(42)36-47-19-46-26(40)28(2,3)4/h8-15,18H,16-17,19H2,1-7H3,(H,35,41). The summed E-state index contributed by atoms with van der Waals surface area (Å²) in [5.41, 5.74) is -1.16. The van der Waals surface area contributed by atoms with Crippen LogP contribution < -0.4 is 4.72 Å². The topological polar surface area (TPSA) is 167 Å². The van der Waals surface area contributed by atoms with Crippen molar-refractivity contribution >= 4 is 22.1 Å². The van der Waals surface area contributed by atoms with Crippen LogP contribution in [0.4, 0.5) is 18.0 Å². The molecule has 3 rings (SSSR count). The number of aryl methyl sites for hydroxylation is 1. The molecule has 0 aliphatic carbocycles. The van der Waals surface area contributed by atoms with Gasteiger partial charge in [0.15, 0.2) is 5.69 Å². The zero-order valence-electron chi connectivity index (χ0n) is 27.4. The Hall–Kier alpha value is -4.87. The zero-order valence-corrected chi connectivity index (χ0v) is 28.2. The average Bonchev–Trinajstić information content (AvgIpc) is 3.43. The van der Waals surface area contributed by atoms with Crippen LogP contribution in [0.15, 0.2) is 64.8 Å². The number of amides is 1. The van der Waals surface area contributed by atoms with Crippen LogP contribution in [0, 0.1) is 17.5 Å². The first-order valence-corrected chi connectivity index (χ1v) is 15.9. The molecular weight excluding hydrogens is 661 g/mol. The number of nitrogens with one attached hydrogen (secondary N) is 1. The number of hydrogen-bond acceptors (Lipinski definition) is 10. The van der Waals surface area contributed by atoms with Crippen molar-refractivity contribution in [2.45, 2.75) is 65.1 Å². The second-order valence-electron chi connectivity index (χ2n) is 12.5. The van der Waals surface area contributed by atoms with Crippen LogP contribution in [0.1, 0.15) is 52.8 Å². The molecule has 1 N–H and O–H groups in total. The Morgan fingerprint density at radius 2 is 1.60 bits per heavy atom. The lowest BCUT2D eigenvalue weighted by molar-refractivity contribution is -0.726. The summed E-state index contributed by atoms with van der Waals surface area (Å²) in [5.74, 6) is -0.571. The molecule has 0 spiro atoms. The van der Waals surface area contributed by atoms with Crippen molar-refractivity contribution in [3.05, 3.63) is 71.1 Å². The van der Waals surface area contributed by atoms with E-state index in [9.17, 15) is 36.4 Å². The Morgan fingerprint density at radius 1 is 1.00 bits per heavy atom. The number of carbonyl (C=O) groups is 2. The molecule has 3 aromatic rings. The smallest absolute Gasteiger partial charge is 0.435 e. The highest BCUT2D eigenvalue weighted by Crippen LogP contribution is 2.33. The van der Waals surface area contributed by atoms with Crippen LogP contribution in [0.3, 0.4) is 0 Å². The fourth-order valence-electron chi connectivity index (χ4n) is 3.93. The molecule has 2 aromatic carbocycles. The summed E-state index contributed by atoms with van der Waals surface area (Å²) >= 11 is 0. The van der Waals surface area contributed by atoms with Crippen molar-refractivity contribution in [3.8, 4) is 16.9 Å². The Balaban J connectivity index is 1.66. The van der Waals surface area contributed by atoms with Crippen LogP contribution >= 0.6 is 0 Å². The quantitative estimate of drug-likeness (QED) is 0.0652. The molecule has 0 aliphatic heterocycles. The van der Waals surface area contributed by atoms with Crippen LogP contribution in [0.25, 0.3) is 16.9 Å². The van der Waals surface area contributed by atoms with E-state index in [4.69, 9.17) is 14.3 Å². The maximum absolute atomic E-state index is 13.5. The van der Waals surface area contributed by atoms with E-state index in [2.05, 4.69) is 10.4 Å². The van der Waals surface area contributed by atoms with E-state index in [1.54, 1.807) is 70.5 Å². The van der Waals surface area contributed by atoms with Gasteiger partial charge in [-0.05, 0) is 78.8 Å². The van der Waals surface area contributed by atoms with Gasteiger partial charge in [-0.3, -0.25) is 4.79 Å². The lowest BCUT2D eigenvalue weighted by Crippen LogP contribution is -2.48. The number of esters is 1. The van der Waals surface area contributed by atoms with Gasteiger partial charge in [0.2, 0.25) is 5.28 Å². The number of carbonyl (C=O) groups excluding carboxylic acids is 2. The number of benzene rings is 2. The first-order chi connectivity index (χ1) is 22.1. The molecule has 0 unspecified atom stereocenters. The largest absolute Gasteiger partial charge is 0.569 e. The van der Waals surface area contributed by atoms with Crippen molar-refractivity contribution in [2.24, 2.45) is 10.7 Å². The van der Waals surface area contributed by atoms with Crippen LogP contribution in [-0.4, -0.2) is 65.7 Å². The number of hydrogen-bond donors (Lipinski definition) is 1. The van der Waals surface area contributed by atoms with Gasteiger partial charge in [0.05, 0.1) is 32.2 Å². The van der Waals surface area contributed by atoms with E-state index in [-0.39, 0.29) is 27.8 Å². The summed E-state index contributed by atoms with van der Waals surface area (Å²) in [6.45, 7) is 10.4. The molecule has 262 valence electrons. The van der Waals surface area contributed by atoms with Gasteiger partial charge in [-0.2, -0.15) is 18.3 Å². The maximum atomic E-state index is 13.5. The van der Waals surface area contributed by atoms with Crippen molar-refractivity contribution in [2.75, 3.05) is 19.9 Å². The highest BCUT2D eigenvalue weighted by atomic mass is 32.2. The molecule has 18 heteroatoms. The molecule has 0 atom stereocenters. The normalized spacial score (nSPS) is 12.8. The predicted octanol–water partition coefficient (Wildman–Crippen LogP) is 5.74. The third-order valence-corrected chi connectivity index (χ3v) is 7.78. The first kappa shape index (κ1) is 37.6. The minimum absolute atomic E-state index is 0.0754. The molecule has 14 nitrogen and oxygen atoms in total. The van der Waals surface area contributed by atoms with Crippen molar-refractivity contribution in [1.82, 2.24) is 19.5 Å². The van der Waals surface area contributed by atoms with Gasteiger partial charge >= 0.3 is 18.2 Å². The third-order valence-electron chi connectivity index (χ3n) is 6.46. The Bertz CT molecular complexity index is 1730. The highest BCUT2D eigenvalue weighted by Gasteiger charge is 2.35. The molecule has 0 bridgehead atoms. The lowest BCUT2D eigenvalue weighted by atomic mass is 9.98. The second kappa shape index (κ2) is 14.5. The third kappa shape index (κ3) is 10.1. The summed E-state index contributed by atoms with van der Waals surface area (Å²) in [6, 6.07) is 12.3. The minimum Gasteiger partial charge on any atom is -0.569 e. The monoisotopic (exact) mass is 698 g/mol. The fourth-order valence-corrected chi connectivity index (χ4v) is 4.82. The lowest BCUT2D eigenvalue weighted by Gasteiger charge is -2.30. The van der Waals surface area contributed by atoms with Crippen molar-refractivity contribution < 1.29 is 50.5 Å². The first-order valence-electron chi connectivity index (χ1n) is 14.4. The predicted molar refractivity (Wildman–Crippen MR) is 164 cm³/mol. The Morgan fingerprint density at radius 3 is 2.15 bits per heavy atom. The van der Waals surface area contributed by atoms with Crippen LogP contribution in [-0.2, 0) is 35.3 Å². The van der Waals surface area contributed by atoms with Crippen LogP contribution in [0.2, 0.25) is 0 Å². The van der Waals surface area contributed by atoms with E-state index in [0.29, 0.717) is 5.56 Å². The SMILES string of the molecule is Cc1ccc(-c2cc(C(F)(F)F)nn2-c2ccc(S(=O)(=O)NC(=O)OCCN([N+]([O-])=NOCOC(=O)C(C)(C)C)C(C)(C)C)cc2)cc1. The average molecular weight is 699 g/mol. The van der Waals surface area contributed by atoms with E-state index in [1.807, 2.05) is 6.92 Å². The minimum atomic E-state index is -4.72. The van der Waals surface area contributed by atoms with Gasteiger partial charge in [-0.15, -0.1) is 5.01 Å². The molecule has 1 heterocycles. The van der Waals surface area contributed by atoms with E-state index in [1.165, 1.54) is 12.1 Å². The van der Waals surface area contributed by atoms with Gasteiger partial charge in [0, 0.05) is 5.56 Å². The van der Waals surface area contributed by atoms with Crippen LogP contribution in [0.5, 0.6) is 0 Å². The number of rotatable bonds is 11. The van der Waals surface area contributed by atoms with E-state index < -0.39 is 58.3 Å². The number of hydrazine groups is 1. The molecule has 1 aromatic heterocycles. The number of sulfonamides is 1. The van der Waals surface area contributed by atoms with Gasteiger partial charge < -0.3 is 19.5 Å². The molecule has 1 amide bonds. The number of aromatic nitrogens is 2. The zero-order chi connectivity index (χ0) is 36.1. The highest BCUT2D eigenvalue weighted by molar-refractivity contribution is 7.90. The van der Waals surface area contributed by atoms with Gasteiger partial charge in [0.25, 0.3) is 16.8 Å². The van der Waals surface area contributed by atoms with Gasteiger partial charge in [-0.1, -0.05) is 29.8 Å². The number of ether oxygens (including phenoxy) is 2. The molecule has 0 aliphatic rings. The number of nitrogens with zero attached hydrogens (tertiary/aromatic N) is 5. The fraction of sp³-hybridized carbons (Fsp3) is 0.433. The Labute approximate surface area is 275 Å². The Kier molecular flexibility index (Phi) is 11.3. The molecule has 48 heavy (non-hydrogen) atoms. The van der Waals surface area contributed by atoms with Crippen molar-refractivity contribution in [3.63, 3.8) is 0 Å². The molecule has 0 saturated carbocycles. The number of halogens is 3. The summed E-state index contributed by atoms with van der Waals surface area (Å²) in [6.07, 6.45) is -6.07. The van der Waals surface area contributed by atoms with E-state index >= 15 is 0 Å². The maximum Gasteiger partial charge on any atom is 0.435 e. The summed E-state index contributed by atoms with van der Waals surface area (Å²) < 4.78 is 78.9. The van der Waals surface area contributed by atoms with Crippen molar-refractivity contribution in [1.29, 1.82) is 0 Å². The summed E-state index contributed by atoms with van der Waals surface area (Å²) in [5, 5.41) is 20.6. The summed E-state index contributed by atoms with van der Waals surface area (Å²) in [4.78, 5) is 28.6. The summed E-state index contributed by atoms with van der Waals surface area (Å²) in [7, 11) is -4.47. The molecule has 0 fully saturated rings. The van der Waals surface area contributed by atoms with Gasteiger partial charge in [0.1, 0.15) is 13.2 Å². The molecule has 0 radical (unpaired) electrons. The van der Waals surface area contributed by atoms with Gasteiger partial charge in [-0.25, -0.2) is 22.6 Å². The van der Waals surface area contributed by atoms with E-state index in [0.717, 1.165) is 33.5 Å². The number of alkyl halides is 3. The molecular formula is C30H37F3N6O8S. The molecule has 0 saturated heterocycles. The second-order valence-corrected chi connectivity index (χ2v) is 14.2.